The molecule has 0 aromatic carbocycles. The van der Waals surface area contributed by atoms with Crippen LogP contribution in [0.25, 0.3) is 0 Å². The quantitative estimate of drug-likeness (QED) is 0.377. The Morgan fingerprint density at radius 2 is 1.63 bits per heavy atom. The van der Waals surface area contributed by atoms with E-state index in [0.717, 1.165) is 51.4 Å². The molecule has 4 saturated carbocycles. The molecule has 6 aliphatic rings. The summed E-state index contributed by atoms with van der Waals surface area (Å²) >= 11 is 0. The van der Waals surface area contributed by atoms with E-state index in [1.165, 1.54) is 12.0 Å². The number of hydrogen-bond acceptors (Lipinski definition) is 4. The Bertz CT molecular complexity index is 1170. The van der Waals surface area contributed by atoms with Crippen molar-refractivity contribution in [3.8, 4) is 0 Å². The molecule has 1 aliphatic heterocycles. The number of amides is 1. The summed E-state index contributed by atoms with van der Waals surface area (Å²) in [5, 5.41) is 11.0. The van der Waals surface area contributed by atoms with E-state index in [-0.39, 0.29) is 50.4 Å². The number of carbonyl (C=O) groups excluding carboxylic acids is 2. The number of hydrogen-bond donors (Lipinski definition) is 1. The lowest BCUT2D eigenvalue weighted by molar-refractivity contribution is -0.202. The van der Waals surface area contributed by atoms with E-state index in [2.05, 4.69) is 60.6 Å². The SMILES string of the molecule is CC1(C)[C@@H](O)CC[C@]2(C)[C@H]3C(=O)C=C4[C@@H]5C[C@@](C)(/C=C/C(=O)N6CCOCC6)CC[C@]5(C)CC[C@@]4(C)[C@]3(C)CC[C@@H]12. The predicted octanol–water partition coefficient (Wildman–Crippen LogP) is 6.74. The monoisotopic (exact) mass is 565 g/mol. The second-order valence-corrected chi connectivity index (χ2v) is 17.0. The Hall–Kier alpha value is -1.46. The van der Waals surface area contributed by atoms with Gasteiger partial charge in [0.15, 0.2) is 5.78 Å². The number of allylic oxidation sites excluding steroid dienone is 3. The summed E-state index contributed by atoms with van der Waals surface area (Å²) in [5.74, 6) is 1.19. The van der Waals surface area contributed by atoms with Crippen molar-refractivity contribution in [2.45, 2.75) is 112 Å². The third kappa shape index (κ3) is 4.21. The van der Waals surface area contributed by atoms with Gasteiger partial charge < -0.3 is 14.7 Å². The highest BCUT2D eigenvalue weighted by molar-refractivity contribution is 5.95. The summed E-state index contributed by atoms with van der Waals surface area (Å²) in [4.78, 5) is 29.4. The molecule has 6 rings (SSSR count). The summed E-state index contributed by atoms with van der Waals surface area (Å²) in [7, 11) is 0. The molecule has 5 aliphatic carbocycles. The molecule has 5 heteroatoms. The molecule has 1 N–H and O–H groups in total. The second-order valence-electron chi connectivity index (χ2n) is 17.0. The van der Waals surface area contributed by atoms with Gasteiger partial charge in [0.1, 0.15) is 0 Å². The molecular weight excluding hydrogens is 510 g/mol. The normalized spacial score (nSPS) is 49.4. The molecule has 1 amide bonds. The first-order chi connectivity index (χ1) is 19.1. The number of ether oxygens (including phenoxy) is 1. The summed E-state index contributed by atoms with van der Waals surface area (Å²) in [6.07, 6.45) is 15.4. The zero-order valence-electron chi connectivity index (χ0n) is 26.9. The van der Waals surface area contributed by atoms with Gasteiger partial charge in [-0.2, -0.15) is 0 Å². The van der Waals surface area contributed by atoms with Crippen LogP contribution in [-0.2, 0) is 14.3 Å². The van der Waals surface area contributed by atoms with E-state index in [9.17, 15) is 14.7 Å². The highest BCUT2D eigenvalue weighted by Crippen LogP contribution is 2.75. The molecule has 228 valence electrons. The minimum atomic E-state index is -0.288. The maximum absolute atomic E-state index is 14.5. The van der Waals surface area contributed by atoms with Crippen LogP contribution in [0.1, 0.15) is 106 Å². The molecule has 5 nitrogen and oxygen atoms in total. The van der Waals surface area contributed by atoms with Crippen molar-refractivity contribution in [3.63, 3.8) is 0 Å². The molecule has 9 atom stereocenters. The maximum atomic E-state index is 14.5. The molecule has 41 heavy (non-hydrogen) atoms. The van der Waals surface area contributed by atoms with Gasteiger partial charge in [0.05, 0.1) is 19.3 Å². The molecule has 0 aromatic heterocycles. The number of ketones is 1. The second kappa shape index (κ2) is 9.52. The van der Waals surface area contributed by atoms with Gasteiger partial charge in [0.2, 0.25) is 5.91 Å². The van der Waals surface area contributed by atoms with Crippen LogP contribution in [0.15, 0.2) is 23.8 Å². The van der Waals surface area contributed by atoms with Crippen molar-refractivity contribution in [3.05, 3.63) is 23.8 Å². The minimum Gasteiger partial charge on any atom is -0.393 e. The standard InChI is InChI=1S/C36H55NO4/c1-31(2)27-8-13-36(7)30(34(27,5)12-9-28(31)39)26(38)22-24-25-23-32(3,11-10-29(40)37-18-20-41-21-19-37)14-15-33(25,4)16-17-35(24,36)6/h10-11,22,25,27-28,30,39H,8-9,12-21,23H2,1-7H3/b11-10+/t25-,27-,28-,30+,32-,33+,34-,35+,36+/m0/s1. The Morgan fingerprint density at radius 1 is 0.951 bits per heavy atom. The van der Waals surface area contributed by atoms with Crippen LogP contribution < -0.4 is 0 Å². The molecule has 0 aromatic rings. The molecule has 0 unspecified atom stereocenters. The first kappa shape index (κ1) is 29.6. The lowest BCUT2D eigenvalue weighted by Gasteiger charge is -2.70. The van der Waals surface area contributed by atoms with Crippen LogP contribution >= 0.6 is 0 Å². The molecule has 1 saturated heterocycles. The third-order valence-corrected chi connectivity index (χ3v) is 14.5. The molecule has 0 bridgehead atoms. The highest BCUT2D eigenvalue weighted by atomic mass is 16.5. The zero-order valence-corrected chi connectivity index (χ0v) is 26.9. The van der Waals surface area contributed by atoms with Crippen LogP contribution in [0.2, 0.25) is 0 Å². The van der Waals surface area contributed by atoms with Crippen LogP contribution in [-0.4, -0.2) is 54.1 Å². The number of carbonyl (C=O) groups is 2. The predicted molar refractivity (Wildman–Crippen MR) is 162 cm³/mol. The summed E-state index contributed by atoms with van der Waals surface area (Å²) in [6, 6.07) is 0. The molecule has 0 radical (unpaired) electrons. The van der Waals surface area contributed by atoms with Crippen molar-refractivity contribution in [2.75, 3.05) is 26.3 Å². The Labute approximate surface area is 248 Å². The third-order valence-electron chi connectivity index (χ3n) is 14.5. The van der Waals surface area contributed by atoms with E-state index in [1.807, 2.05) is 11.0 Å². The van der Waals surface area contributed by atoms with Crippen molar-refractivity contribution in [1.82, 2.24) is 4.90 Å². The minimum absolute atomic E-state index is 0.00444. The van der Waals surface area contributed by atoms with E-state index < -0.39 is 0 Å². The van der Waals surface area contributed by atoms with Gasteiger partial charge in [-0.05, 0) is 114 Å². The van der Waals surface area contributed by atoms with Crippen molar-refractivity contribution >= 4 is 11.7 Å². The smallest absolute Gasteiger partial charge is 0.246 e. The van der Waals surface area contributed by atoms with Gasteiger partial charge in [-0.15, -0.1) is 0 Å². The average Bonchev–Trinajstić information content (AvgIpc) is 2.92. The molecular formula is C36H55NO4. The maximum Gasteiger partial charge on any atom is 0.246 e. The van der Waals surface area contributed by atoms with Crippen molar-refractivity contribution < 1.29 is 19.4 Å². The van der Waals surface area contributed by atoms with E-state index in [4.69, 9.17) is 4.74 Å². The van der Waals surface area contributed by atoms with E-state index in [1.54, 1.807) is 0 Å². The van der Waals surface area contributed by atoms with Crippen LogP contribution in [0.4, 0.5) is 0 Å². The van der Waals surface area contributed by atoms with Gasteiger partial charge in [-0.25, -0.2) is 0 Å². The van der Waals surface area contributed by atoms with Gasteiger partial charge in [0.25, 0.3) is 0 Å². The fraction of sp³-hybridized carbons (Fsp3) is 0.833. The van der Waals surface area contributed by atoms with E-state index in [0.29, 0.717) is 43.9 Å². The zero-order chi connectivity index (χ0) is 29.6. The fourth-order valence-electron chi connectivity index (χ4n) is 11.5. The highest BCUT2D eigenvalue weighted by Gasteiger charge is 2.70. The van der Waals surface area contributed by atoms with Crippen LogP contribution in [0.3, 0.4) is 0 Å². The molecule has 1 heterocycles. The lowest BCUT2D eigenvalue weighted by Crippen LogP contribution is -2.66. The summed E-state index contributed by atoms with van der Waals surface area (Å²) in [5.41, 5.74) is 1.24. The number of morpholine rings is 1. The van der Waals surface area contributed by atoms with Gasteiger partial charge >= 0.3 is 0 Å². The summed E-state index contributed by atoms with van der Waals surface area (Å²) in [6.45, 7) is 19.2. The first-order valence-electron chi connectivity index (χ1n) is 16.6. The van der Waals surface area contributed by atoms with Gasteiger partial charge in [-0.1, -0.05) is 60.1 Å². The molecule has 0 spiro atoms. The fourth-order valence-corrected chi connectivity index (χ4v) is 11.5. The number of aliphatic hydroxyl groups excluding tert-OH is 1. The van der Waals surface area contributed by atoms with Gasteiger partial charge in [-0.3, -0.25) is 9.59 Å². The number of rotatable bonds is 2. The number of fused-ring (bicyclic) bond motifs is 7. The Morgan fingerprint density at radius 3 is 2.34 bits per heavy atom. The van der Waals surface area contributed by atoms with Crippen molar-refractivity contribution in [2.24, 2.45) is 50.2 Å². The number of nitrogens with zero attached hydrogens (tertiary/aromatic N) is 1. The average molecular weight is 566 g/mol. The first-order valence-corrected chi connectivity index (χ1v) is 16.6. The van der Waals surface area contributed by atoms with E-state index >= 15 is 0 Å². The summed E-state index contributed by atoms with van der Waals surface area (Å²) < 4.78 is 5.44. The lowest BCUT2D eigenvalue weighted by atomic mass is 9.33. The van der Waals surface area contributed by atoms with Gasteiger partial charge in [0, 0.05) is 19.0 Å². The molecule has 5 fully saturated rings. The topological polar surface area (TPSA) is 66.8 Å². The Kier molecular flexibility index (Phi) is 6.87. The largest absolute Gasteiger partial charge is 0.393 e. The van der Waals surface area contributed by atoms with Crippen LogP contribution in [0.5, 0.6) is 0 Å². The Balaban J connectivity index is 1.33. The van der Waals surface area contributed by atoms with Crippen molar-refractivity contribution in [1.29, 1.82) is 0 Å². The van der Waals surface area contributed by atoms with Crippen LogP contribution in [0, 0.1) is 50.2 Å². The number of aliphatic hydroxyl groups is 1.